The van der Waals surface area contributed by atoms with Crippen LogP contribution < -0.4 is 20.5 Å². The van der Waals surface area contributed by atoms with Gasteiger partial charge in [-0.15, -0.1) is 0 Å². The van der Waals surface area contributed by atoms with Crippen molar-refractivity contribution in [1.82, 2.24) is 14.8 Å². The number of amides is 4. The molecule has 3 aliphatic rings. The van der Waals surface area contributed by atoms with Crippen molar-refractivity contribution in [3.05, 3.63) is 93.9 Å². The van der Waals surface area contributed by atoms with Gasteiger partial charge in [0.05, 0.1) is 12.3 Å². The molecule has 3 aromatic rings. The Morgan fingerprint density at radius 1 is 0.881 bits per heavy atom. The molecule has 1 aromatic heterocycles. The maximum atomic E-state index is 14.5. The Hall–Kier alpha value is -4.24. The summed E-state index contributed by atoms with van der Waals surface area (Å²) in [5.41, 5.74) is 1.78. The zero-order valence-electron chi connectivity index (χ0n) is 24.0. The number of fused-ring (bicyclic) bond motifs is 4. The highest BCUT2D eigenvalue weighted by atomic mass is 16.5. The van der Waals surface area contributed by atoms with Gasteiger partial charge in [0.2, 0.25) is 5.91 Å². The highest BCUT2D eigenvalue weighted by Gasteiger charge is 2.55. The summed E-state index contributed by atoms with van der Waals surface area (Å²) >= 11 is 0. The molecule has 3 aliphatic heterocycles. The Labute approximate surface area is 245 Å². The predicted octanol–water partition coefficient (Wildman–Crippen LogP) is 3.74. The van der Waals surface area contributed by atoms with Crippen molar-refractivity contribution in [2.24, 2.45) is 11.3 Å². The van der Waals surface area contributed by atoms with Gasteiger partial charge in [0.15, 0.2) is 0 Å². The van der Waals surface area contributed by atoms with Crippen LogP contribution in [0.25, 0.3) is 0 Å². The SMILES string of the molecule is CCOc1ccc(C[C@@]2(CN3C[C@@H]4C[C@H](C3)c3cccc(=O)n3C4)C(=O)NC(=O)N(c3ccc(CC)cc3)C2=O)cc1. The van der Waals surface area contributed by atoms with E-state index in [2.05, 4.69) is 10.2 Å². The molecule has 0 aliphatic carbocycles. The third-order valence-corrected chi connectivity index (χ3v) is 8.86. The fourth-order valence-corrected chi connectivity index (χ4v) is 6.87. The molecule has 9 nitrogen and oxygen atoms in total. The number of likely N-dealkylation sites (tertiary alicyclic amines) is 1. The number of anilines is 1. The van der Waals surface area contributed by atoms with Gasteiger partial charge in [-0.2, -0.15) is 0 Å². The summed E-state index contributed by atoms with van der Waals surface area (Å²) in [6.07, 6.45) is 1.91. The standard InChI is InChI=1S/C33H36N4O5/c1-3-22-8-12-26(13-9-22)37-31(40)33(30(39)34-32(37)41,17-23-10-14-27(15-11-23)42-4-2)21-35-18-24-16-25(20-35)28-6-5-7-29(38)36(28)19-24/h5-15,24-25H,3-4,16-21H2,1-2H3,(H,34,39,41)/t24-,25+,33+/m0/s1. The molecule has 0 spiro atoms. The van der Waals surface area contributed by atoms with Gasteiger partial charge >= 0.3 is 6.03 Å². The summed E-state index contributed by atoms with van der Waals surface area (Å²) < 4.78 is 7.46. The number of ether oxygens (including phenoxy) is 1. The van der Waals surface area contributed by atoms with E-state index in [9.17, 15) is 19.2 Å². The number of nitrogens with zero attached hydrogens (tertiary/aromatic N) is 3. The maximum Gasteiger partial charge on any atom is 0.335 e. The molecular formula is C33H36N4O5. The fourth-order valence-electron chi connectivity index (χ4n) is 6.87. The number of barbiturate groups is 1. The monoisotopic (exact) mass is 568 g/mol. The Morgan fingerprint density at radius 2 is 1.62 bits per heavy atom. The zero-order valence-corrected chi connectivity index (χ0v) is 24.0. The molecule has 9 heteroatoms. The molecule has 6 rings (SSSR count). The lowest BCUT2D eigenvalue weighted by Gasteiger charge is -2.47. The average Bonchev–Trinajstić information content (AvgIpc) is 2.98. The van der Waals surface area contributed by atoms with Crippen molar-refractivity contribution >= 4 is 23.5 Å². The number of nitrogens with one attached hydrogen (secondary N) is 1. The summed E-state index contributed by atoms with van der Waals surface area (Å²) in [4.78, 5) is 57.4. The Morgan fingerprint density at radius 3 is 2.33 bits per heavy atom. The number of hydrogen-bond acceptors (Lipinski definition) is 6. The number of pyridine rings is 1. The van der Waals surface area contributed by atoms with Crippen LogP contribution >= 0.6 is 0 Å². The van der Waals surface area contributed by atoms with Gasteiger partial charge in [0, 0.05) is 43.9 Å². The maximum absolute atomic E-state index is 14.5. The minimum atomic E-state index is -1.54. The Kier molecular flexibility index (Phi) is 7.45. The highest BCUT2D eigenvalue weighted by Crippen LogP contribution is 2.39. The number of rotatable bonds is 8. The summed E-state index contributed by atoms with van der Waals surface area (Å²) in [7, 11) is 0. The van der Waals surface area contributed by atoms with Gasteiger partial charge < -0.3 is 14.2 Å². The van der Waals surface area contributed by atoms with Crippen LogP contribution in [0.5, 0.6) is 5.75 Å². The van der Waals surface area contributed by atoms with Crippen LogP contribution in [0, 0.1) is 11.3 Å². The van der Waals surface area contributed by atoms with E-state index in [1.807, 2.05) is 60.9 Å². The van der Waals surface area contributed by atoms with Crippen molar-refractivity contribution in [1.29, 1.82) is 0 Å². The normalized spacial score (nSPS) is 23.9. The molecule has 2 bridgehead atoms. The van der Waals surface area contributed by atoms with Gasteiger partial charge in [-0.1, -0.05) is 37.3 Å². The lowest BCUT2D eigenvalue weighted by Crippen LogP contribution is -2.68. The number of carbonyl (C=O) groups is 3. The number of benzene rings is 2. The number of aromatic nitrogens is 1. The molecule has 4 heterocycles. The number of imide groups is 2. The third kappa shape index (κ3) is 5.02. The average molecular weight is 569 g/mol. The zero-order chi connectivity index (χ0) is 29.4. The van der Waals surface area contributed by atoms with Crippen molar-refractivity contribution in [2.75, 3.05) is 31.1 Å². The van der Waals surface area contributed by atoms with Gasteiger partial charge in [-0.05, 0) is 73.6 Å². The first-order valence-corrected chi connectivity index (χ1v) is 14.7. The smallest absolute Gasteiger partial charge is 0.335 e. The number of urea groups is 1. The molecule has 3 atom stereocenters. The van der Waals surface area contributed by atoms with E-state index >= 15 is 0 Å². The lowest BCUT2D eigenvalue weighted by atomic mass is 9.75. The van der Waals surface area contributed by atoms with Crippen LogP contribution in [-0.2, 0) is 29.0 Å². The summed E-state index contributed by atoms with van der Waals surface area (Å²) in [5, 5.41) is 2.52. The molecule has 0 unspecified atom stereocenters. The second-order valence-corrected chi connectivity index (χ2v) is 11.6. The second kappa shape index (κ2) is 11.2. The van der Waals surface area contributed by atoms with Crippen LogP contribution in [0.15, 0.2) is 71.5 Å². The molecule has 0 saturated carbocycles. The van der Waals surface area contributed by atoms with Gasteiger partial charge in [-0.3, -0.25) is 19.7 Å². The minimum Gasteiger partial charge on any atom is -0.494 e. The second-order valence-electron chi connectivity index (χ2n) is 11.6. The van der Waals surface area contributed by atoms with Crippen LogP contribution in [-0.4, -0.2) is 53.6 Å². The molecule has 42 heavy (non-hydrogen) atoms. The van der Waals surface area contributed by atoms with Crippen LogP contribution in [0.3, 0.4) is 0 Å². The molecule has 2 fully saturated rings. The minimum absolute atomic E-state index is 0.00713. The van der Waals surface area contributed by atoms with Gasteiger partial charge in [0.1, 0.15) is 11.2 Å². The first-order chi connectivity index (χ1) is 20.3. The molecular weight excluding hydrogens is 532 g/mol. The van der Waals surface area contributed by atoms with E-state index in [4.69, 9.17) is 4.74 Å². The van der Waals surface area contributed by atoms with E-state index in [1.165, 1.54) is 0 Å². The number of aryl methyl sites for hydroxylation is 1. The van der Waals surface area contributed by atoms with Gasteiger partial charge in [0.25, 0.3) is 11.5 Å². The Bertz CT molecular complexity index is 1560. The highest BCUT2D eigenvalue weighted by molar-refractivity contribution is 6.30. The first-order valence-electron chi connectivity index (χ1n) is 14.7. The quantitative estimate of drug-likeness (QED) is 0.416. The van der Waals surface area contributed by atoms with Crippen LogP contribution in [0.4, 0.5) is 10.5 Å². The van der Waals surface area contributed by atoms with Crippen molar-refractivity contribution < 1.29 is 19.1 Å². The van der Waals surface area contributed by atoms with Crippen molar-refractivity contribution in [3.63, 3.8) is 0 Å². The summed E-state index contributed by atoms with van der Waals surface area (Å²) in [6, 6.07) is 19.4. The molecule has 0 radical (unpaired) electrons. The number of carbonyl (C=O) groups excluding carboxylic acids is 3. The predicted molar refractivity (Wildman–Crippen MR) is 159 cm³/mol. The number of hydrogen-bond donors (Lipinski definition) is 1. The molecule has 4 amide bonds. The summed E-state index contributed by atoms with van der Waals surface area (Å²) in [6.45, 7) is 6.53. The number of piperidine rings is 1. The lowest BCUT2D eigenvalue weighted by molar-refractivity contribution is -0.144. The first kappa shape index (κ1) is 27.9. The topological polar surface area (TPSA) is 101 Å². The third-order valence-electron chi connectivity index (χ3n) is 8.86. The van der Waals surface area contributed by atoms with E-state index in [-0.39, 0.29) is 30.4 Å². The van der Waals surface area contributed by atoms with Crippen molar-refractivity contribution in [2.45, 2.75) is 45.6 Å². The largest absolute Gasteiger partial charge is 0.494 e. The molecule has 1 N–H and O–H groups in total. The van der Waals surface area contributed by atoms with E-state index < -0.39 is 23.3 Å². The van der Waals surface area contributed by atoms with Crippen LogP contribution in [0.2, 0.25) is 0 Å². The summed E-state index contributed by atoms with van der Waals surface area (Å²) in [5.74, 6) is -0.0582. The molecule has 2 saturated heterocycles. The molecule has 218 valence electrons. The van der Waals surface area contributed by atoms with E-state index in [0.717, 1.165) is 34.6 Å². The van der Waals surface area contributed by atoms with Gasteiger partial charge in [-0.25, -0.2) is 9.69 Å². The Balaban J connectivity index is 1.36. The fraction of sp³-hybridized carbons (Fsp3) is 0.394. The van der Waals surface area contributed by atoms with Crippen LogP contribution in [0.1, 0.15) is 43.0 Å². The van der Waals surface area contributed by atoms with Crippen molar-refractivity contribution in [3.8, 4) is 5.75 Å². The van der Waals surface area contributed by atoms with E-state index in [1.54, 1.807) is 24.3 Å². The van der Waals surface area contributed by atoms with E-state index in [0.29, 0.717) is 37.7 Å². The molecule has 2 aromatic carbocycles.